The second-order valence-electron chi connectivity index (χ2n) is 13.3. The Morgan fingerprint density at radius 3 is 2.04 bits per heavy atom. The van der Waals surface area contributed by atoms with Crippen LogP contribution in [-0.2, 0) is 0 Å². The molecular formula is C48H28N2O2. The van der Waals surface area contributed by atoms with Crippen LogP contribution in [-0.4, -0.2) is 9.97 Å². The van der Waals surface area contributed by atoms with Gasteiger partial charge in [-0.3, -0.25) is 0 Å². The summed E-state index contributed by atoms with van der Waals surface area (Å²) in [4.78, 5) is 10.4. The van der Waals surface area contributed by atoms with Crippen molar-refractivity contribution in [3.63, 3.8) is 0 Å². The van der Waals surface area contributed by atoms with Crippen molar-refractivity contribution in [3.05, 3.63) is 170 Å². The van der Waals surface area contributed by atoms with Gasteiger partial charge in [0.1, 0.15) is 22.7 Å². The summed E-state index contributed by atoms with van der Waals surface area (Å²) in [6.45, 7) is 0. The molecule has 8 aromatic carbocycles. The lowest BCUT2D eigenvalue weighted by Gasteiger charge is -2.24. The normalized spacial score (nSPS) is 12.0. The highest BCUT2D eigenvalue weighted by Gasteiger charge is 2.26. The Labute approximate surface area is 299 Å². The Morgan fingerprint density at radius 1 is 0.385 bits per heavy atom. The van der Waals surface area contributed by atoms with Gasteiger partial charge in [-0.1, -0.05) is 127 Å². The summed E-state index contributed by atoms with van der Waals surface area (Å²) < 4.78 is 13.1. The molecule has 0 radical (unpaired) electrons. The van der Waals surface area contributed by atoms with E-state index in [4.69, 9.17) is 19.1 Å². The molecule has 0 unspecified atom stereocenters. The minimum Gasteiger partial charge on any atom is -0.456 e. The summed E-state index contributed by atoms with van der Waals surface area (Å²) in [5.41, 5.74) is 12.1. The zero-order chi connectivity index (χ0) is 34.2. The molecule has 0 aliphatic carbocycles. The zero-order valence-electron chi connectivity index (χ0n) is 27.9. The average molecular weight is 665 g/mol. The van der Waals surface area contributed by atoms with E-state index in [0.29, 0.717) is 5.82 Å². The van der Waals surface area contributed by atoms with Crippen LogP contribution in [0, 0.1) is 0 Å². The quantitative estimate of drug-likeness (QED) is 0.188. The predicted octanol–water partition coefficient (Wildman–Crippen LogP) is 13.1. The molecule has 52 heavy (non-hydrogen) atoms. The highest BCUT2D eigenvalue weighted by atomic mass is 16.5. The predicted molar refractivity (Wildman–Crippen MR) is 212 cm³/mol. The van der Waals surface area contributed by atoms with Crippen molar-refractivity contribution >= 4 is 43.6 Å². The van der Waals surface area contributed by atoms with E-state index in [2.05, 4.69) is 133 Å². The van der Waals surface area contributed by atoms with E-state index in [-0.39, 0.29) is 0 Å². The molecule has 3 heterocycles. The van der Waals surface area contributed by atoms with E-state index in [9.17, 15) is 0 Å². The van der Waals surface area contributed by atoms with Crippen molar-refractivity contribution in [2.24, 2.45) is 0 Å². The Kier molecular flexibility index (Phi) is 6.22. The van der Waals surface area contributed by atoms with Crippen LogP contribution in [0.25, 0.3) is 99.6 Å². The topological polar surface area (TPSA) is 48.2 Å². The number of aromatic nitrogens is 2. The van der Waals surface area contributed by atoms with Gasteiger partial charge in [-0.05, 0) is 75.7 Å². The van der Waals surface area contributed by atoms with Crippen molar-refractivity contribution in [2.45, 2.75) is 0 Å². The molecule has 0 saturated carbocycles. The summed E-state index contributed by atoms with van der Waals surface area (Å²) in [6.07, 6.45) is 0. The Morgan fingerprint density at radius 2 is 1.10 bits per heavy atom. The SMILES string of the molecule is c1ccc(-c2cccc(-c3ccc4c5c(cccc35)-c3cccc(-c5nc(-c6ccc7c(c6)oc6ccccc67)c6ccccc6n5)c3O4)c2)cc1. The van der Waals surface area contributed by atoms with Crippen LogP contribution in [0.3, 0.4) is 0 Å². The molecule has 0 spiro atoms. The monoisotopic (exact) mass is 664 g/mol. The Balaban J connectivity index is 1.06. The van der Waals surface area contributed by atoms with Crippen molar-refractivity contribution in [2.75, 3.05) is 0 Å². The van der Waals surface area contributed by atoms with E-state index in [1.807, 2.05) is 36.4 Å². The van der Waals surface area contributed by atoms with Gasteiger partial charge in [0.15, 0.2) is 5.82 Å². The molecule has 10 aromatic rings. The van der Waals surface area contributed by atoms with Crippen LogP contribution in [0.15, 0.2) is 174 Å². The first-order valence-corrected chi connectivity index (χ1v) is 17.5. The third-order valence-electron chi connectivity index (χ3n) is 10.3. The third-order valence-corrected chi connectivity index (χ3v) is 10.3. The average Bonchev–Trinajstić information content (AvgIpc) is 3.59. The lowest BCUT2D eigenvalue weighted by molar-refractivity contribution is 0.488. The minimum atomic E-state index is 0.611. The second-order valence-corrected chi connectivity index (χ2v) is 13.3. The molecule has 242 valence electrons. The van der Waals surface area contributed by atoms with Gasteiger partial charge in [-0.15, -0.1) is 0 Å². The van der Waals surface area contributed by atoms with Gasteiger partial charge in [0.25, 0.3) is 0 Å². The van der Waals surface area contributed by atoms with Gasteiger partial charge in [0, 0.05) is 32.7 Å². The van der Waals surface area contributed by atoms with Gasteiger partial charge < -0.3 is 9.15 Å². The smallest absolute Gasteiger partial charge is 0.164 e. The van der Waals surface area contributed by atoms with E-state index in [1.165, 1.54) is 22.3 Å². The maximum absolute atomic E-state index is 6.87. The van der Waals surface area contributed by atoms with Crippen LogP contribution in [0.2, 0.25) is 0 Å². The summed E-state index contributed by atoms with van der Waals surface area (Å²) in [5, 5.41) is 5.43. The number of ether oxygens (including phenoxy) is 1. The molecule has 11 rings (SSSR count). The second kappa shape index (κ2) is 11.2. The van der Waals surface area contributed by atoms with Crippen LogP contribution in [0.4, 0.5) is 0 Å². The first-order valence-electron chi connectivity index (χ1n) is 17.5. The highest BCUT2D eigenvalue weighted by Crippen LogP contribution is 2.51. The van der Waals surface area contributed by atoms with Crippen molar-refractivity contribution in [1.82, 2.24) is 9.97 Å². The number of hydrogen-bond donors (Lipinski definition) is 0. The molecular weight excluding hydrogens is 637 g/mol. The van der Waals surface area contributed by atoms with Crippen LogP contribution in [0.5, 0.6) is 11.5 Å². The third kappa shape index (κ3) is 4.41. The van der Waals surface area contributed by atoms with Gasteiger partial charge in [0.05, 0.1) is 16.8 Å². The highest BCUT2D eigenvalue weighted by molar-refractivity contribution is 6.11. The molecule has 0 fully saturated rings. The summed E-state index contributed by atoms with van der Waals surface area (Å²) >= 11 is 0. The van der Waals surface area contributed by atoms with Crippen molar-refractivity contribution in [1.29, 1.82) is 0 Å². The van der Waals surface area contributed by atoms with E-state index in [1.54, 1.807) is 0 Å². The van der Waals surface area contributed by atoms with Gasteiger partial charge in [-0.2, -0.15) is 0 Å². The Bertz CT molecular complexity index is 3050. The molecule has 2 aromatic heterocycles. The number of para-hydroxylation sites is 3. The van der Waals surface area contributed by atoms with Crippen molar-refractivity contribution < 1.29 is 9.15 Å². The van der Waals surface area contributed by atoms with E-state index in [0.717, 1.165) is 83.1 Å². The number of furan rings is 1. The molecule has 4 heteroatoms. The molecule has 0 amide bonds. The number of benzene rings is 8. The van der Waals surface area contributed by atoms with Gasteiger partial charge in [-0.25, -0.2) is 9.97 Å². The Hall–Kier alpha value is -7.04. The largest absolute Gasteiger partial charge is 0.456 e. The molecule has 1 aliphatic rings. The lowest BCUT2D eigenvalue weighted by Crippen LogP contribution is -2.02. The minimum absolute atomic E-state index is 0.611. The number of hydrogen-bond acceptors (Lipinski definition) is 4. The fourth-order valence-electron chi connectivity index (χ4n) is 7.87. The summed E-state index contributed by atoms with van der Waals surface area (Å²) in [5.74, 6) is 2.19. The fraction of sp³-hybridized carbons (Fsp3) is 0. The molecule has 1 aliphatic heterocycles. The number of nitrogens with zero attached hydrogens (tertiary/aromatic N) is 2. The molecule has 0 atom stereocenters. The van der Waals surface area contributed by atoms with E-state index < -0.39 is 0 Å². The molecule has 0 bridgehead atoms. The number of rotatable bonds is 4. The maximum atomic E-state index is 6.87. The molecule has 0 saturated heterocycles. The fourth-order valence-corrected chi connectivity index (χ4v) is 7.87. The van der Waals surface area contributed by atoms with Crippen LogP contribution in [0.1, 0.15) is 0 Å². The standard InChI is InChI=1S/C48H28N2O2/c1-2-11-29(12-3-1)30-13-8-14-31(27-30)33-25-26-43-45-36(33)17-9-18-37(45)38-19-10-20-40(47(38)52-43)48-49-41-21-6-4-16-39(41)46(50-48)32-23-24-35-34-15-5-7-22-42(34)51-44(35)28-32/h1-28H. The van der Waals surface area contributed by atoms with Crippen LogP contribution < -0.4 is 4.74 Å². The molecule has 0 N–H and O–H groups in total. The van der Waals surface area contributed by atoms with Gasteiger partial charge in [0.2, 0.25) is 0 Å². The lowest BCUT2D eigenvalue weighted by atomic mass is 9.89. The van der Waals surface area contributed by atoms with Crippen LogP contribution >= 0.6 is 0 Å². The number of fused-ring (bicyclic) bond motifs is 6. The molecule has 4 nitrogen and oxygen atoms in total. The zero-order valence-corrected chi connectivity index (χ0v) is 27.9. The maximum Gasteiger partial charge on any atom is 0.164 e. The summed E-state index contributed by atoms with van der Waals surface area (Å²) in [6, 6.07) is 59.1. The first kappa shape index (κ1) is 28.8. The van der Waals surface area contributed by atoms with Crippen molar-refractivity contribution in [3.8, 4) is 67.5 Å². The summed E-state index contributed by atoms with van der Waals surface area (Å²) in [7, 11) is 0. The first-order chi connectivity index (χ1) is 25.8. The van der Waals surface area contributed by atoms with Gasteiger partial charge >= 0.3 is 0 Å². The van der Waals surface area contributed by atoms with E-state index >= 15 is 0 Å².